The van der Waals surface area contributed by atoms with Crippen molar-refractivity contribution in [2.24, 2.45) is 0 Å². The predicted octanol–water partition coefficient (Wildman–Crippen LogP) is 0.577. The molecule has 8 heteroatoms. The Morgan fingerprint density at radius 2 is 2.25 bits per heavy atom. The molecule has 0 saturated heterocycles. The SMILES string of the molecule is COCCCNc1snc(N)c1S(C)(=O)=O. The third-order valence-electron chi connectivity index (χ3n) is 1.86. The van der Waals surface area contributed by atoms with Gasteiger partial charge in [0.25, 0.3) is 0 Å². The van der Waals surface area contributed by atoms with Gasteiger partial charge in [0.05, 0.1) is 0 Å². The molecule has 0 aliphatic rings. The summed E-state index contributed by atoms with van der Waals surface area (Å²) in [6.07, 6.45) is 1.91. The number of nitrogens with two attached hydrogens (primary N) is 1. The first-order chi connectivity index (χ1) is 7.46. The van der Waals surface area contributed by atoms with Crippen LogP contribution in [0.15, 0.2) is 4.90 Å². The Morgan fingerprint density at radius 3 is 2.81 bits per heavy atom. The minimum absolute atomic E-state index is 0.0572. The summed E-state index contributed by atoms with van der Waals surface area (Å²) in [5.41, 5.74) is 5.51. The van der Waals surface area contributed by atoms with Crippen molar-refractivity contribution in [3.05, 3.63) is 0 Å². The number of aromatic nitrogens is 1. The Balaban J connectivity index is 2.74. The molecule has 0 spiro atoms. The molecule has 0 aliphatic heterocycles. The van der Waals surface area contributed by atoms with Gasteiger partial charge in [0.1, 0.15) is 9.90 Å². The molecule has 92 valence electrons. The lowest BCUT2D eigenvalue weighted by atomic mass is 10.4. The van der Waals surface area contributed by atoms with Gasteiger partial charge in [-0.2, -0.15) is 4.37 Å². The summed E-state index contributed by atoms with van der Waals surface area (Å²) in [5, 5.41) is 3.49. The summed E-state index contributed by atoms with van der Waals surface area (Å²) in [6.45, 7) is 1.24. The van der Waals surface area contributed by atoms with Gasteiger partial charge in [-0.05, 0) is 18.0 Å². The van der Waals surface area contributed by atoms with Gasteiger partial charge in [-0.1, -0.05) is 0 Å². The number of nitrogens with one attached hydrogen (secondary N) is 1. The molecule has 1 rings (SSSR count). The lowest BCUT2D eigenvalue weighted by molar-refractivity contribution is 0.198. The van der Waals surface area contributed by atoms with Crippen LogP contribution in [0.2, 0.25) is 0 Å². The first-order valence-corrected chi connectivity index (χ1v) is 7.31. The average Bonchev–Trinajstić information content (AvgIpc) is 2.54. The van der Waals surface area contributed by atoms with E-state index in [2.05, 4.69) is 9.69 Å². The molecule has 1 aromatic heterocycles. The molecular formula is C8H15N3O3S2. The highest BCUT2D eigenvalue weighted by Crippen LogP contribution is 2.30. The van der Waals surface area contributed by atoms with Crippen LogP contribution >= 0.6 is 11.5 Å². The van der Waals surface area contributed by atoms with E-state index in [0.29, 0.717) is 18.2 Å². The van der Waals surface area contributed by atoms with Gasteiger partial charge in [-0.25, -0.2) is 8.42 Å². The van der Waals surface area contributed by atoms with Crippen LogP contribution in [0.5, 0.6) is 0 Å². The molecule has 1 aromatic rings. The maximum atomic E-state index is 11.4. The fourth-order valence-corrected chi connectivity index (χ4v) is 3.28. The lowest BCUT2D eigenvalue weighted by Crippen LogP contribution is -2.08. The van der Waals surface area contributed by atoms with Gasteiger partial charge < -0.3 is 15.8 Å². The highest BCUT2D eigenvalue weighted by atomic mass is 32.2. The van der Waals surface area contributed by atoms with Crippen molar-refractivity contribution < 1.29 is 13.2 Å². The van der Waals surface area contributed by atoms with E-state index in [1.54, 1.807) is 7.11 Å². The number of methoxy groups -OCH3 is 1. The summed E-state index contributed by atoms with van der Waals surface area (Å²) < 4.78 is 31.6. The first-order valence-electron chi connectivity index (χ1n) is 4.65. The van der Waals surface area contributed by atoms with Gasteiger partial charge in [0.15, 0.2) is 15.7 Å². The normalized spacial score (nSPS) is 11.6. The summed E-state index contributed by atoms with van der Waals surface area (Å²) in [7, 11) is -1.72. The topological polar surface area (TPSA) is 94.3 Å². The molecule has 0 bridgehead atoms. The Hall–Kier alpha value is -0.860. The molecule has 1 heterocycles. The molecule has 0 amide bonds. The van der Waals surface area contributed by atoms with Crippen LogP contribution in [0.3, 0.4) is 0 Å². The van der Waals surface area contributed by atoms with Gasteiger partial charge in [-0.15, -0.1) is 0 Å². The van der Waals surface area contributed by atoms with Crippen LogP contribution < -0.4 is 11.1 Å². The van der Waals surface area contributed by atoms with E-state index in [-0.39, 0.29) is 10.7 Å². The van der Waals surface area contributed by atoms with Crippen molar-refractivity contribution in [2.75, 3.05) is 37.6 Å². The molecular weight excluding hydrogens is 250 g/mol. The van der Waals surface area contributed by atoms with Gasteiger partial charge in [0, 0.05) is 26.5 Å². The minimum Gasteiger partial charge on any atom is -0.385 e. The van der Waals surface area contributed by atoms with E-state index in [4.69, 9.17) is 10.5 Å². The van der Waals surface area contributed by atoms with Crippen molar-refractivity contribution in [1.29, 1.82) is 0 Å². The number of hydrogen-bond acceptors (Lipinski definition) is 7. The summed E-state index contributed by atoms with van der Waals surface area (Å²) >= 11 is 1.05. The maximum Gasteiger partial charge on any atom is 0.182 e. The predicted molar refractivity (Wildman–Crippen MR) is 64.6 cm³/mol. The average molecular weight is 265 g/mol. The zero-order valence-corrected chi connectivity index (χ0v) is 10.8. The van der Waals surface area contributed by atoms with E-state index >= 15 is 0 Å². The molecule has 0 aliphatic carbocycles. The minimum atomic E-state index is -3.33. The number of nitrogens with zero attached hydrogens (tertiary/aromatic N) is 1. The highest BCUT2D eigenvalue weighted by molar-refractivity contribution is 7.91. The van der Waals surface area contributed by atoms with Crippen molar-refractivity contribution in [3.63, 3.8) is 0 Å². The molecule has 0 atom stereocenters. The zero-order valence-electron chi connectivity index (χ0n) is 9.19. The van der Waals surface area contributed by atoms with Crippen LogP contribution in [-0.2, 0) is 14.6 Å². The second-order valence-corrected chi connectivity index (χ2v) is 6.00. The lowest BCUT2D eigenvalue weighted by Gasteiger charge is -2.05. The van der Waals surface area contributed by atoms with Gasteiger partial charge in [-0.3, -0.25) is 0 Å². The molecule has 0 aromatic carbocycles. The number of nitrogen functional groups attached to an aromatic ring is 1. The Morgan fingerprint density at radius 1 is 1.56 bits per heavy atom. The zero-order chi connectivity index (χ0) is 12.2. The van der Waals surface area contributed by atoms with Crippen molar-refractivity contribution in [1.82, 2.24) is 4.37 Å². The van der Waals surface area contributed by atoms with Crippen LogP contribution in [0.4, 0.5) is 10.8 Å². The number of rotatable bonds is 6. The number of anilines is 2. The summed E-state index contributed by atoms with van der Waals surface area (Å²) in [6, 6.07) is 0. The second-order valence-electron chi connectivity index (χ2n) is 3.27. The molecule has 0 radical (unpaired) electrons. The molecule has 0 unspecified atom stereocenters. The van der Waals surface area contributed by atoms with Crippen LogP contribution in [0.1, 0.15) is 6.42 Å². The number of hydrogen-bond donors (Lipinski definition) is 2. The van der Waals surface area contributed by atoms with Crippen molar-refractivity contribution >= 4 is 32.2 Å². The Bertz CT molecular complexity index is 441. The maximum absolute atomic E-state index is 11.4. The molecule has 0 saturated carbocycles. The van der Waals surface area contributed by atoms with Crippen molar-refractivity contribution in [2.45, 2.75) is 11.3 Å². The van der Waals surface area contributed by atoms with Crippen LogP contribution in [0, 0.1) is 0 Å². The molecule has 16 heavy (non-hydrogen) atoms. The Kier molecular flexibility index (Phi) is 4.51. The van der Waals surface area contributed by atoms with Crippen molar-refractivity contribution in [3.8, 4) is 0 Å². The molecule has 6 nitrogen and oxygen atoms in total. The number of sulfone groups is 1. The van der Waals surface area contributed by atoms with E-state index in [1.165, 1.54) is 0 Å². The summed E-state index contributed by atoms with van der Waals surface area (Å²) in [4.78, 5) is 0.0925. The smallest absolute Gasteiger partial charge is 0.182 e. The monoisotopic (exact) mass is 265 g/mol. The quantitative estimate of drug-likeness (QED) is 0.731. The van der Waals surface area contributed by atoms with Gasteiger partial charge in [0.2, 0.25) is 0 Å². The van der Waals surface area contributed by atoms with Crippen LogP contribution in [0.25, 0.3) is 0 Å². The standard InChI is InChI=1S/C8H15N3O3S2/c1-14-5-3-4-10-8-6(16(2,12)13)7(9)11-15-8/h10H,3-5H2,1-2H3,(H2,9,11). The third-order valence-corrected chi connectivity index (χ3v) is 3.96. The third kappa shape index (κ3) is 3.32. The first kappa shape index (κ1) is 13.2. The largest absolute Gasteiger partial charge is 0.385 e. The van der Waals surface area contributed by atoms with Crippen LogP contribution in [-0.4, -0.2) is 39.3 Å². The fourth-order valence-electron chi connectivity index (χ4n) is 1.18. The Labute approximate surface area is 98.9 Å². The van der Waals surface area contributed by atoms with E-state index in [9.17, 15) is 8.42 Å². The number of ether oxygens (including phenoxy) is 1. The van der Waals surface area contributed by atoms with E-state index < -0.39 is 9.84 Å². The molecule has 3 N–H and O–H groups in total. The van der Waals surface area contributed by atoms with E-state index in [0.717, 1.165) is 24.2 Å². The molecule has 0 fully saturated rings. The summed E-state index contributed by atoms with van der Waals surface area (Å²) in [5.74, 6) is 0.0572. The fraction of sp³-hybridized carbons (Fsp3) is 0.625. The highest BCUT2D eigenvalue weighted by Gasteiger charge is 2.20. The van der Waals surface area contributed by atoms with E-state index in [1.807, 2.05) is 0 Å². The van der Waals surface area contributed by atoms with Gasteiger partial charge >= 0.3 is 0 Å². The second kappa shape index (κ2) is 5.46.